The summed E-state index contributed by atoms with van der Waals surface area (Å²) in [5, 5.41) is 0. The molecule has 2 nitrogen and oxygen atoms in total. The van der Waals surface area contributed by atoms with Gasteiger partial charge in [0.1, 0.15) is 0 Å². The molecule has 0 radical (unpaired) electrons. The summed E-state index contributed by atoms with van der Waals surface area (Å²) in [6, 6.07) is 21.1. The van der Waals surface area contributed by atoms with Crippen LogP contribution in [-0.2, 0) is 0 Å². The highest BCUT2D eigenvalue weighted by Crippen LogP contribution is 2.31. The van der Waals surface area contributed by atoms with Gasteiger partial charge in [-0.2, -0.15) is 0 Å². The van der Waals surface area contributed by atoms with Crippen molar-refractivity contribution in [2.24, 2.45) is 0 Å². The molecule has 122 valence electrons. The average molecular weight is 345 g/mol. The smallest absolute Gasteiger partial charge is 0.0989 e. The normalized spacial score (nSPS) is 13.2. The fraction of sp³-hybridized carbons (Fsp3) is 0.263. The summed E-state index contributed by atoms with van der Waals surface area (Å²) in [5.74, 6) is 0. The molecule has 0 amide bonds. The van der Waals surface area contributed by atoms with E-state index in [1.54, 1.807) is 23.9 Å². The van der Waals surface area contributed by atoms with Gasteiger partial charge in [0, 0.05) is 6.26 Å². The maximum absolute atomic E-state index is 2.36. The van der Waals surface area contributed by atoms with E-state index < -0.39 is 0 Å². The summed E-state index contributed by atoms with van der Waals surface area (Å²) in [5.41, 5.74) is 3.66. The van der Waals surface area contributed by atoms with Crippen LogP contribution in [0.25, 0.3) is 11.8 Å². The van der Waals surface area contributed by atoms with Gasteiger partial charge in [0.2, 0.25) is 0 Å². The first-order valence-corrected chi connectivity index (χ1v) is 9.96. The molecule has 0 aliphatic heterocycles. The van der Waals surface area contributed by atoms with Crippen LogP contribution in [0.3, 0.4) is 0 Å². The Morgan fingerprint density at radius 2 is 1.48 bits per heavy atom. The van der Waals surface area contributed by atoms with E-state index in [0.717, 1.165) is 0 Å². The highest BCUT2D eigenvalue weighted by molar-refractivity contribution is 7.97. The van der Waals surface area contributed by atoms with E-state index in [9.17, 15) is 0 Å². The minimum Gasteiger partial charge on any atom is -0.298 e. The van der Waals surface area contributed by atoms with Crippen LogP contribution in [-0.4, -0.2) is 34.3 Å². The monoisotopic (exact) mass is 344 g/mol. The maximum atomic E-state index is 2.36. The molecule has 2 rings (SSSR count). The summed E-state index contributed by atoms with van der Waals surface area (Å²) in [6.45, 7) is 2.23. The molecule has 1 atom stereocenters. The van der Waals surface area contributed by atoms with Gasteiger partial charge in [-0.3, -0.25) is 4.31 Å². The highest BCUT2D eigenvalue weighted by Gasteiger charge is 2.21. The SMILES string of the molecule is CSN(C)C(C)N(SC)/C(=C/c1ccccc1)c1ccccc1. The molecule has 0 aromatic heterocycles. The minimum absolute atomic E-state index is 0.273. The summed E-state index contributed by atoms with van der Waals surface area (Å²) in [4.78, 5) is 0. The molecular weight excluding hydrogens is 320 g/mol. The topological polar surface area (TPSA) is 6.48 Å². The summed E-state index contributed by atoms with van der Waals surface area (Å²) >= 11 is 3.50. The second kappa shape index (κ2) is 9.06. The lowest BCUT2D eigenvalue weighted by Gasteiger charge is -2.35. The Labute approximate surface area is 148 Å². The molecule has 0 aliphatic carbocycles. The summed E-state index contributed by atoms with van der Waals surface area (Å²) in [6.07, 6.45) is 6.77. The van der Waals surface area contributed by atoms with E-state index >= 15 is 0 Å². The van der Waals surface area contributed by atoms with Crippen LogP contribution in [0.5, 0.6) is 0 Å². The third kappa shape index (κ3) is 4.80. The number of hydrogen-bond acceptors (Lipinski definition) is 4. The molecule has 4 heteroatoms. The zero-order valence-corrected chi connectivity index (χ0v) is 15.8. The molecule has 2 aromatic rings. The Morgan fingerprint density at radius 3 is 2.00 bits per heavy atom. The van der Waals surface area contributed by atoms with Gasteiger partial charge >= 0.3 is 0 Å². The zero-order valence-electron chi connectivity index (χ0n) is 14.1. The molecule has 0 heterocycles. The first kappa shape index (κ1) is 18.0. The fourth-order valence-corrected chi connectivity index (χ4v) is 3.60. The lowest BCUT2D eigenvalue weighted by Crippen LogP contribution is -2.36. The second-order valence-electron chi connectivity index (χ2n) is 5.18. The number of hydrogen-bond donors (Lipinski definition) is 0. The van der Waals surface area contributed by atoms with Crippen molar-refractivity contribution >= 4 is 35.7 Å². The molecule has 0 spiro atoms. The predicted molar refractivity (Wildman–Crippen MR) is 107 cm³/mol. The van der Waals surface area contributed by atoms with Crippen LogP contribution in [0.4, 0.5) is 0 Å². The van der Waals surface area contributed by atoms with Gasteiger partial charge in [-0.1, -0.05) is 84.6 Å². The van der Waals surface area contributed by atoms with E-state index in [4.69, 9.17) is 0 Å². The average Bonchev–Trinajstić information content (AvgIpc) is 2.62. The van der Waals surface area contributed by atoms with Crippen LogP contribution in [0.1, 0.15) is 18.1 Å². The second-order valence-corrected chi connectivity index (χ2v) is 6.87. The van der Waals surface area contributed by atoms with Crippen molar-refractivity contribution < 1.29 is 0 Å². The molecule has 0 saturated carbocycles. The minimum atomic E-state index is 0.273. The van der Waals surface area contributed by atoms with E-state index in [-0.39, 0.29) is 6.17 Å². The number of nitrogens with zero attached hydrogens (tertiary/aromatic N) is 2. The summed E-state index contributed by atoms with van der Waals surface area (Å²) in [7, 11) is 2.13. The Bertz CT molecular complexity index is 614. The zero-order chi connectivity index (χ0) is 16.7. The van der Waals surface area contributed by atoms with E-state index in [1.807, 2.05) is 0 Å². The highest BCUT2D eigenvalue weighted by atomic mass is 32.2. The van der Waals surface area contributed by atoms with Crippen molar-refractivity contribution in [3.05, 3.63) is 71.8 Å². The van der Waals surface area contributed by atoms with E-state index in [2.05, 4.69) is 102 Å². The van der Waals surface area contributed by atoms with E-state index in [1.165, 1.54) is 16.8 Å². The molecule has 0 fully saturated rings. The molecule has 0 aliphatic rings. The van der Waals surface area contributed by atoms with E-state index in [0.29, 0.717) is 0 Å². The van der Waals surface area contributed by atoms with Gasteiger partial charge in [-0.25, -0.2) is 4.31 Å². The Balaban J connectivity index is 2.46. The first-order chi connectivity index (χ1) is 11.2. The molecule has 1 unspecified atom stereocenters. The molecule has 0 saturated heterocycles. The maximum Gasteiger partial charge on any atom is 0.0989 e. The predicted octanol–water partition coefficient (Wildman–Crippen LogP) is 5.32. The molecule has 0 N–H and O–H groups in total. The quantitative estimate of drug-likeness (QED) is 0.381. The third-order valence-electron chi connectivity index (χ3n) is 3.76. The van der Waals surface area contributed by atoms with Crippen LogP contribution in [0.2, 0.25) is 0 Å². The van der Waals surface area contributed by atoms with Crippen LogP contribution >= 0.6 is 23.9 Å². The Kier molecular flexibility index (Phi) is 7.09. The van der Waals surface area contributed by atoms with Crippen molar-refractivity contribution in [3.8, 4) is 0 Å². The van der Waals surface area contributed by atoms with Crippen molar-refractivity contribution in [1.29, 1.82) is 0 Å². The Morgan fingerprint density at radius 1 is 0.913 bits per heavy atom. The number of benzene rings is 2. The third-order valence-corrected chi connectivity index (χ3v) is 5.54. The standard InChI is InChI=1S/C19H24N2S2/c1-16(20(2)22-3)21(23-4)19(18-13-9-6-10-14-18)15-17-11-7-5-8-12-17/h5-16H,1-4H3/b19-15+. The molecule has 2 aromatic carbocycles. The molecular formula is C19H24N2S2. The number of rotatable bonds is 7. The van der Waals surface area contributed by atoms with Crippen molar-refractivity contribution in [3.63, 3.8) is 0 Å². The van der Waals surface area contributed by atoms with Gasteiger partial charge in [0.15, 0.2) is 0 Å². The van der Waals surface area contributed by atoms with Gasteiger partial charge < -0.3 is 0 Å². The fourth-order valence-electron chi connectivity index (χ4n) is 2.34. The Hall–Kier alpha value is -1.36. The molecule has 0 bridgehead atoms. The van der Waals surface area contributed by atoms with Crippen molar-refractivity contribution in [2.75, 3.05) is 19.6 Å². The van der Waals surface area contributed by atoms with Crippen molar-refractivity contribution in [1.82, 2.24) is 8.61 Å². The van der Waals surface area contributed by atoms with Gasteiger partial charge in [-0.05, 0) is 37.4 Å². The first-order valence-electron chi connectivity index (χ1n) is 7.59. The van der Waals surface area contributed by atoms with Gasteiger partial charge in [-0.15, -0.1) is 0 Å². The van der Waals surface area contributed by atoms with Crippen LogP contribution < -0.4 is 0 Å². The van der Waals surface area contributed by atoms with Gasteiger partial charge in [0.25, 0.3) is 0 Å². The van der Waals surface area contributed by atoms with Gasteiger partial charge in [0.05, 0.1) is 11.9 Å². The molecule has 23 heavy (non-hydrogen) atoms. The van der Waals surface area contributed by atoms with Crippen LogP contribution in [0.15, 0.2) is 60.7 Å². The summed E-state index contributed by atoms with van der Waals surface area (Å²) < 4.78 is 4.62. The van der Waals surface area contributed by atoms with Crippen LogP contribution in [0, 0.1) is 0 Å². The lowest BCUT2D eigenvalue weighted by molar-refractivity contribution is 0.319. The van der Waals surface area contributed by atoms with Crippen molar-refractivity contribution in [2.45, 2.75) is 13.1 Å². The largest absolute Gasteiger partial charge is 0.298 e. The lowest BCUT2D eigenvalue weighted by atomic mass is 10.1.